The van der Waals surface area contributed by atoms with E-state index >= 15 is 0 Å². The van der Waals surface area contributed by atoms with Crippen molar-refractivity contribution in [1.82, 2.24) is 15.1 Å². The van der Waals surface area contributed by atoms with Crippen LogP contribution in [-0.2, 0) is 24.9 Å². The van der Waals surface area contributed by atoms with Crippen LogP contribution in [0.2, 0.25) is 0 Å². The lowest BCUT2D eigenvalue weighted by molar-refractivity contribution is 0.199. The molecule has 0 aliphatic carbocycles. The molecule has 108 valence electrons. The number of hydrogen-bond donors (Lipinski definition) is 1. The van der Waals surface area contributed by atoms with Gasteiger partial charge in [0.2, 0.25) is 0 Å². The quantitative estimate of drug-likeness (QED) is 0.745. The highest BCUT2D eigenvalue weighted by atomic mass is 16.5. The van der Waals surface area contributed by atoms with Crippen LogP contribution in [0, 0.1) is 0 Å². The van der Waals surface area contributed by atoms with Crippen molar-refractivity contribution in [2.24, 2.45) is 7.05 Å². The van der Waals surface area contributed by atoms with Gasteiger partial charge in [-0.05, 0) is 23.8 Å². The molecule has 0 bridgehead atoms. The van der Waals surface area contributed by atoms with Crippen LogP contribution in [0.15, 0.2) is 36.5 Å². The van der Waals surface area contributed by atoms with E-state index in [1.165, 1.54) is 5.56 Å². The summed E-state index contributed by atoms with van der Waals surface area (Å²) >= 11 is 0. The summed E-state index contributed by atoms with van der Waals surface area (Å²) in [5, 5.41) is 7.58. The minimum Gasteiger partial charge on any atom is -0.487 e. The Labute approximate surface area is 119 Å². The van der Waals surface area contributed by atoms with Gasteiger partial charge in [0, 0.05) is 33.4 Å². The first-order chi connectivity index (χ1) is 9.78. The second-order valence-electron chi connectivity index (χ2n) is 4.58. The van der Waals surface area contributed by atoms with Gasteiger partial charge in [-0.25, -0.2) is 0 Å². The molecule has 1 aromatic heterocycles. The van der Waals surface area contributed by atoms with E-state index in [-0.39, 0.29) is 0 Å². The van der Waals surface area contributed by atoms with Gasteiger partial charge >= 0.3 is 0 Å². The van der Waals surface area contributed by atoms with Crippen LogP contribution in [-0.4, -0.2) is 30.0 Å². The fraction of sp³-hybridized carbons (Fsp3) is 0.400. The molecule has 0 saturated heterocycles. The standard InChI is InChI=1S/C15H21N3O2/c1-18-9-7-14(17-18)12-20-15-5-3-13(4-6-15)11-16-8-10-19-2/h3-7,9,16H,8,10-12H2,1-2H3. The normalized spacial score (nSPS) is 10.7. The number of benzene rings is 1. The lowest BCUT2D eigenvalue weighted by Gasteiger charge is -2.07. The zero-order chi connectivity index (χ0) is 14.2. The first-order valence-electron chi connectivity index (χ1n) is 6.68. The van der Waals surface area contributed by atoms with E-state index < -0.39 is 0 Å². The topological polar surface area (TPSA) is 48.3 Å². The molecule has 0 saturated carbocycles. The number of aryl methyl sites for hydroxylation is 1. The average Bonchev–Trinajstić information content (AvgIpc) is 2.88. The predicted octanol–water partition coefficient (Wildman–Crippen LogP) is 1.74. The second-order valence-corrected chi connectivity index (χ2v) is 4.58. The Hall–Kier alpha value is -1.85. The van der Waals surface area contributed by atoms with Gasteiger partial charge < -0.3 is 14.8 Å². The first-order valence-corrected chi connectivity index (χ1v) is 6.68. The van der Waals surface area contributed by atoms with Crippen molar-refractivity contribution in [1.29, 1.82) is 0 Å². The summed E-state index contributed by atoms with van der Waals surface area (Å²) < 4.78 is 12.4. The van der Waals surface area contributed by atoms with E-state index in [1.807, 2.05) is 31.4 Å². The van der Waals surface area contributed by atoms with Crippen molar-refractivity contribution in [3.63, 3.8) is 0 Å². The summed E-state index contributed by atoms with van der Waals surface area (Å²) in [5.74, 6) is 0.858. The lowest BCUT2D eigenvalue weighted by Crippen LogP contribution is -2.18. The number of hydrogen-bond acceptors (Lipinski definition) is 4. The molecular weight excluding hydrogens is 254 g/mol. The highest BCUT2D eigenvalue weighted by Gasteiger charge is 1.99. The Morgan fingerprint density at radius 1 is 1.20 bits per heavy atom. The largest absolute Gasteiger partial charge is 0.487 e. The fourth-order valence-corrected chi connectivity index (χ4v) is 1.81. The SMILES string of the molecule is COCCNCc1ccc(OCc2ccn(C)n2)cc1. The smallest absolute Gasteiger partial charge is 0.132 e. The van der Waals surface area contributed by atoms with Crippen LogP contribution in [0.25, 0.3) is 0 Å². The highest BCUT2D eigenvalue weighted by molar-refractivity contribution is 5.27. The lowest BCUT2D eigenvalue weighted by atomic mass is 10.2. The highest BCUT2D eigenvalue weighted by Crippen LogP contribution is 2.13. The molecule has 0 amide bonds. The summed E-state index contributed by atoms with van der Waals surface area (Å²) in [6, 6.07) is 10.0. The number of aromatic nitrogens is 2. The maximum absolute atomic E-state index is 5.69. The van der Waals surface area contributed by atoms with E-state index in [9.17, 15) is 0 Å². The molecule has 0 fully saturated rings. The molecule has 0 unspecified atom stereocenters. The average molecular weight is 275 g/mol. The van der Waals surface area contributed by atoms with Crippen LogP contribution in [0.5, 0.6) is 5.75 Å². The summed E-state index contributed by atoms with van der Waals surface area (Å²) in [5.41, 5.74) is 2.16. The van der Waals surface area contributed by atoms with E-state index in [0.29, 0.717) is 6.61 Å². The van der Waals surface area contributed by atoms with Gasteiger partial charge in [0.15, 0.2) is 0 Å². The van der Waals surface area contributed by atoms with Crippen LogP contribution in [0.4, 0.5) is 0 Å². The molecule has 5 heteroatoms. The van der Waals surface area contributed by atoms with Crippen molar-refractivity contribution in [3.8, 4) is 5.75 Å². The van der Waals surface area contributed by atoms with Gasteiger partial charge in [0.25, 0.3) is 0 Å². The summed E-state index contributed by atoms with van der Waals surface area (Å²) in [4.78, 5) is 0. The minimum absolute atomic E-state index is 0.492. The van der Waals surface area contributed by atoms with Crippen LogP contribution < -0.4 is 10.1 Å². The Bertz CT molecular complexity index is 508. The van der Waals surface area contributed by atoms with E-state index in [0.717, 1.165) is 31.1 Å². The third-order valence-electron chi connectivity index (χ3n) is 2.89. The van der Waals surface area contributed by atoms with Crippen LogP contribution in [0.1, 0.15) is 11.3 Å². The zero-order valence-corrected chi connectivity index (χ0v) is 12.0. The van der Waals surface area contributed by atoms with E-state index in [4.69, 9.17) is 9.47 Å². The molecular formula is C15H21N3O2. The van der Waals surface area contributed by atoms with Crippen molar-refractivity contribution < 1.29 is 9.47 Å². The minimum atomic E-state index is 0.492. The van der Waals surface area contributed by atoms with Gasteiger partial charge in [-0.3, -0.25) is 4.68 Å². The molecule has 0 aliphatic rings. The molecule has 1 N–H and O–H groups in total. The monoisotopic (exact) mass is 275 g/mol. The number of methoxy groups -OCH3 is 1. The van der Waals surface area contributed by atoms with Crippen LogP contribution in [0.3, 0.4) is 0 Å². The van der Waals surface area contributed by atoms with Crippen molar-refractivity contribution in [2.75, 3.05) is 20.3 Å². The molecule has 0 atom stereocenters. The fourth-order valence-electron chi connectivity index (χ4n) is 1.81. The molecule has 0 aliphatic heterocycles. The molecule has 0 spiro atoms. The first kappa shape index (κ1) is 14.6. The maximum atomic E-state index is 5.69. The van der Waals surface area contributed by atoms with Crippen molar-refractivity contribution >= 4 is 0 Å². The van der Waals surface area contributed by atoms with Gasteiger partial charge in [-0.1, -0.05) is 12.1 Å². The van der Waals surface area contributed by atoms with Gasteiger partial charge in [0.1, 0.15) is 12.4 Å². The molecule has 1 heterocycles. The predicted molar refractivity (Wildman–Crippen MR) is 77.6 cm³/mol. The van der Waals surface area contributed by atoms with Crippen molar-refractivity contribution in [2.45, 2.75) is 13.2 Å². The Morgan fingerprint density at radius 2 is 2.00 bits per heavy atom. The van der Waals surface area contributed by atoms with Gasteiger partial charge in [0.05, 0.1) is 12.3 Å². The Kier molecular flexibility index (Phi) is 5.58. The molecule has 0 radical (unpaired) electrons. The molecule has 5 nitrogen and oxygen atoms in total. The van der Waals surface area contributed by atoms with Gasteiger partial charge in [-0.2, -0.15) is 5.10 Å². The van der Waals surface area contributed by atoms with Crippen molar-refractivity contribution in [3.05, 3.63) is 47.8 Å². The second kappa shape index (κ2) is 7.67. The molecule has 20 heavy (non-hydrogen) atoms. The zero-order valence-electron chi connectivity index (χ0n) is 12.0. The Morgan fingerprint density at radius 3 is 2.65 bits per heavy atom. The summed E-state index contributed by atoms with van der Waals surface area (Å²) in [6.45, 7) is 2.91. The van der Waals surface area contributed by atoms with E-state index in [2.05, 4.69) is 22.5 Å². The molecule has 1 aromatic carbocycles. The maximum Gasteiger partial charge on any atom is 0.132 e. The van der Waals surface area contributed by atoms with Crippen LogP contribution >= 0.6 is 0 Å². The number of nitrogens with one attached hydrogen (secondary N) is 1. The van der Waals surface area contributed by atoms with Gasteiger partial charge in [-0.15, -0.1) is 0 Å². The molecule has 2 aromatic rings. The summed E-state index contributed by atoms with van der Waals surface area (Å²) in [6.07, 6.45) is 1.91. The van der Waals surface area contributed by atoms with E-state index in [1.54, 1.807) is 11.8 Å². The number of nitrogens with zero attached hydrogens (tertiary/aromatic N) is 2. The molecule has 2 rings (SSSR count). The Balaban J connectivity index is 1.76. The third-order valence-corrected chi connectivity index (χ3v) is 2.89. The number of ether oxygens (including phenoxy) is 2. The third kappa shape index (κ3) is 4.68. The summed E-state index contributed by atoms with van der Waals surface area (Å²) in [7, 11) is 3.60. The number of rotatable bonds is 8.